The number of carbonyl (C=O) groups excluding carboxylic acids is 2. The molecule has 0 spiro atoms. The Hall–Kier alpha value is -3.48. The third-order valence-electron chi connectivity index (χ3n) is 3.99. The van der Waals surface area contributed by atoms with Crippen LogP contribution in [-0.4, -0.2) is 31.0 Å². The fourth-order valence-electron chi connectivity index (χ4n) is 2.90. The number of anilines is 1. The molecule has 3 rings (SSSR count). The molecule has 1 aliphatic rings. The molecule has 7 nitrogen and oxygen atoms in total. The topological polar surface area (TPSA) is 79.9 Å². The van der Waals surface area contributed by atoms with Gasteiger partial charge in [0.15, 0.2) is 0 Å². The van der Waals surface area contributed by atoms with Crippen molar-refractivity contribution in [3.63, 3.8) is 0 Å². The van der Waals surface area contributed by atoms with Crippen molar-refractivity contribution in [1.29, 1.82) is 0 Å². The van der Waals surface area contributed by atoms with Crippen molar-refractivity contribution in [3.05, 3.63) is 59.9 Å². The minimum atomic E-state index is -0.177. The van der Waals surface area contributed by atoms with Crippen molar-refractivity contribution in [2.24, 2.45) is 0 Å². The van der Waals surface area contributed by atoms with E-state index in [4.69, 9.17) is 9.47 Å². The van der Waals surface area contributed by atoms with Crippen LogP contribution in [0.15, 0.2) is 54.3 Å². The molecule has 2 N–H and O–H groups in total. The van der Waals surface area contributed by atoms with E-state index >= 15 is 0 Å². The van der Waals surface area contributed by atoms with E-state index in [1.54, 1.807) is 30.3 Å². The minimum absolute atomic E-state index is 0.116. The number of hydrazine groups is 1. The van der Waals surface area contributed by atoms with E-state index in [2.05, 4.69) is 10.7 Å². The van der Waals surface area contributed by atoms with Crippen LogP contribution in [0.5, 0.6) is 11.5 Å². The van der Waals surface area contributed by atoms with Crippen LogP contribution >= 0.6 is 0 Å². The summed E-state index contributed by atoms with van der Waals surface area (Å²) in [4.78, 5) is 23.3. The van der Waals surface area contributed by atoms with Crippen LogP contribution in [0.1, 0.15) is 18.9 Å². The van der Waals surface area contributed by atoms with Crippen LogP contribution in [0.25, 0.3) is 5.70 Å². The van der Waals surface area contributed by atoms with Gasteiger partial charge in [0.2, 0.25) is 11.8 Å². The molecular weight excluding hydrogens is 346 g/mol. The van der Waals surface area contributed by atoms with Gasteiger partial charge in [0, 0.05) is 25.2 Å². The van der Waals surface area contributed by atoms with Gasteiger partial charge in [0.1, 0.15) is 23.0 Å². The van der Waals surface area contributed by atoms with Crippen molar-refractivity contribution in [2.75, 3.05) is 19.5 Å². The molecule has 1 aliphatic heterocycles. The second-order valence-corrected chi connectivity index (χ2v) is 6.05. The van der Waals surface area contributed by atoms with Gasteiger partial charge < -0.3 is 14.8 Å². The smallest absolute Gasteiger partial charge is 0.246 e. The lowest BCUT2D eigenvalue weighted by Gasteiger charge is -2.31. The Morgan fingerprint density at radius 1 is 1.19 bits per heavy atom. The zero-order chi connectivity index (χ0) is 19.4. The Labute approximate surface area is 157 Å². The zero-order valence-electron chi connectivity index (χ0n) is 15.4. The first-order chi connectivity index (χ1) is 13.0. The highest BCUT2D eigenvalue weighted by Crippen LogP contribution is 2.37. The number of amides is 2. The molecule has 1 heterocycles. The van der Waals surface area contributed by atoms with Gasteiger partial charge in [-0.3, -0.25) is 20.0 Å². The number of rotatable bonds is 5. The highest BCUT2D eigenvalue weighted by atomic mass is 16.5. The van der Waals surface area contributed by atoms with Crippen LogP contribution in [0, 0.1) is 0 Å². The molecule has 0 aliphatic carbocycles. The Morgan fingerprint density at radius 2 is 1.93 bits per heavy atom. The number of benzene rings is 2. The Morgan fingerprint density at radius 3 is 2.59 bits per heavy atom. The van der Waals surface area contributed by atoms with Crippen LogP contribution in [0.3, 0.4) is 0 Å². The lowest BCUT2D eigenvalue weighted by atomic mass is 10.1. The van der Waals surface area contributed by atoms with Gasteiger partial charge in [-0.15, -0.1) is 0 Å². The van der Waals surface area contributed by atoms with E-state index in [0.29, 0.717) is 34.2 Å². The van der Waals surface area contributed by atoms with Gasteiger partial charge in [-0.1, -0.05) is 18.2 Å². The molecule has 0 unspecified atom stereocenters. The van der Waals surface area contributed by atoms with Crippen LogP contribution < -0.4 is 15.5 Å². The van der Waals surface area contributed by atoms with E-state index in [-0.39, 0.29) is 18.2 Å². The van der Waals surface area contributed by atoms with E-state index in [9.17, 15) is 9.59 Å². The maximum absolute atomic E-state index is 11.9. The van der Waals surface area contributed by atoms with E-state index in [1.165, 1.54) is 14.0 Å². The van der Waals surface area contributed by atoms with Crippen molar-refractivity contribution >= 4 is 23.2 Å². The Kier molecular flexibility index (Phi) is 5.30. The van der Waals surface area contributed by atoms with E-state index in [0.717, 1.165) is 0 Å². The first-order valence-corrected chi connectivity index (χ1v) is 8.43. The highest BCUT2D eigenvalue weighted by molar-refractivity contribution is 5.91. The van der Waals surface area contributed by atoms with Gasteiger partial charge in [-0.25, -0.2) is 0 Å². The summed E-state index contributed by atoms with van der Waals surface area (Å²) in [6.07, 6.45) is 0.116. The van der Waals surface area contributed by atoms with E-state index in [1.807, 2.05) is 30.3 Å². The molecule has 0 saturated carbocycles. The number of nitrogens with zero attached hydrogens (tertiary/aromatic N) is 1. The van der Waals surface area contributed by atoms with Gasteiger partial charge in [-0.05, 0) is 30.3 Å². The number of ether oxygens (including phenoxy) is 2. The van der Waals surface area contributed by atoms with Crippen LogP contribution in [0.2, 0.25) is 0 Å². The van der Waals surface area contributed by atoms with Gasteiger partial charge in [0.05, 0.1) is 13.5 Å². The molecule has 2 amide bonds. The molecular formula is C20H21N3O4. The largest absolute Gasteiger partial charge is 0.498 e. The number of hydrogen-bond donors (Lipinski definition) is 2. The van der Waals surface area contributed by atoms with Gasteiger partial charge in [-0.2, -0.15) is 0 Å². The lowest BCUT2D eigenvalue weighted by Crippen LogP contribution is -2.42. The fourth-order valence-corrected chi connectivity index (χ4v) is 2.90. The maximum Gasteiger partial charge on any atom is 0.246 e. The minimum Gasteiger partial charge on any atom is -0.498 e. The van der Waals surface area contributed by atoms with Crippen molar-refractivity contribution in [3.8, 4) is 11.5 Å². The molecule has 0 saturated heterocycles. The Bertz CT molecular complexity index is 893. The molecule has 140 valence electrons. The van der Waals surface area contributed by atoms with E-state index < -0.39 is 0 Å². The number of nitrogens with one attached hydrogen (secondary N) is 2. The summed E-state index contributed by atoms with van der Waals surface area (Å²) in [6, 6.07) is 14.7. The van der Waals surface area contributed by atoms with Crippen LogP contribution in [0.4, 0.5) is 5.69 Å². The second-order valence-electron chi connectivity index (χ2n) is 6.05. The summed E-state index contributed by atoms with van der Waals surface area (Å²) in [6.45, 7) is 1.45. The van der Waals surface area contributed by atoms with Gasteiger partial charge in [0.25, 0.3) is 0 Å². The molecule has 27 heavy (non-hydrogen) atoms. The molecule has 0 atom stereocenters. The van der Waals surface area contributed by atoms with Crippen molar-refractivity contribution in [2.45, 2.75) is 13.3 Å². The first-order valence-electron chi connectivity index (χ1n) is 8.43. The maximum atomic E-state index is 11.9. The first kappa shape index (κ1) is 18.3. The summed E-state index contributed by atoms with van der Waals surface area (Å²) in [7, 11) is 3.25. The molecule has 0 fully saturated rings. The summed E-state index contributed by atoms with van der Waals surface area (Å²) in [5.41, 5.74) is 4.72. The average molecular weight is 367 g/mol. The molecule has 2 aromatic carbocycles. The normalized spacial score (nSPS) is 13.9. The average Bonchev–Trinajstić information content (AvgIpc) is 2.63. The fraction of sp³-hybridized carbons (Fsp3) is 0.200. The SMILES string of the molecule is COC1=C(c2cc(NC(C)=O)ccc2Oc2ccccc2)N(C)NC(=O)C1. The summed E-state index contributed by atoms with van der Waals surface area (Å²) in [5, 5.41) is 4.36. The highest BCUT2D eigenvalue weighted by Gasteiger charge is 2.27. The summed E-state index contributed by atoms with van der Waals surface area (Å²) in [5.74, 6) is 1.42. The number of hydrogen-bond acceptors (Lipinski definition) is 5. The van der Waals surface area contributed by atoms with Gasteiger partial charge >= 0.3 is 0 Å². The second kappa shape index (κ2) is 7.82. The number of carbonyl (C=O) groups is 2. The third-order valence-corrected chi connectivity index (χ3v) is 3.99. The lowest BCUT2D eigenvalue weighted by molar-refractivity contribution is -0.125. The van der Waals surface area contributed by atoms with Crippen molar-refractivity contribution in [1.82, 2.24) is 10.4 Å². The molecule has 2 aromatic rings. The zero-order valence-corrected chi connectivity index (χ0v) is 15.4. The molecule has 7 heteroatoms. The summed E-state index contributed by atoms with van der Waals surface area (Å²) >= 11 is 0. The number of methoxy groups -OCH3 is 1. The monoisotopic (exact) mass is 367 g/mol. The molecule has 0 radical (unpaired) electrons. The predicted molar refractivity (Wildman–Crippen MR) is 102 cm³/mol. The molecule has 0 bridgehead atoms. The predicted octanol–water partition coefficient (Wildman–Crippen LogP) is 3.12. The van der Waals surface area contributed by atoms with Crippen molar-refractivity contribution < 1.29 is 19.1 Å². The standard InChI is InChI=1S/C20H21N3O4/c1-13(24)21-14-9-10-17(27-15-7-5-4-6-8-15)16(11-14)20-18(26-3)12-19(25)22-23(20)2/h4-11H,12H2,1-3H3,(H,21,24)(H,22,25). The Balaban J connectivity index is 2.11. The number of para-hydroxylation sites is 1. The summed E-state index contributed by atoms with van der Waals surface area (Å²) < 4.78 is 11.5. The molecule has 0 aromatic heterocycles. The quantitative estimate of drug-likeness (QED) is 0.849. The van der Waals surface area contributed by atoms with Crippen LogP contribution in [-0.2, 0) is 14.3 Å². The third kappa shape index (κ3) is 4.20.